The SMILES string of the molecule is CC1=C(N2C(=O)NCC2C2CCNCC2F)COC1=O. The number of hydrogen-bond acceptors (Lipinski definition) is 4. The van der Waals surface area contributed by atoms with Crippen LogP contribution in [0.15, 0.2) is 11.3 Å². The van der Waals surface area contributed by atoms with Crippen LogP contribution in [0.3, 0.4) is 0 Å². The molecular weight excluding hydrogens is 265 g/mol. The average Bonchev–Trinajstić information content (AvgIpc) is 2.95. The lowest BCUT2D eigenvalue weighted by atomic mass is 9.88. The van der Waals surface area contributed by atoms with Gasteiger partial charge in [-0.15, -0.1) is 0 Å². The zero-order valence-electron chi connectivity index (χ0n) is 11.3. The quantitative estimate of drug-likeness (QED) is 0.708. The van der Waals surface area contributed by atoms with E-state index in [-0.39, 0.29) is 24.6 Å². The summed E-state index contributed by atoms with van der Waals surface area (Å²) in [7, 11) is 0. The number of cyclic esters (lactones) is 1. The van der Waals surface area contributed by atoms with Crippen LogP contribution in [-0.4, -0.2) is 55.4 Å². The minimum absolute atomic E-state index is 0.0938. The first-order valence-electron chi connectivity index (χ1n) is 6.88. The first-order valence-corrected chi connectivity index (χ1v) is 6.88. The zero-order valence-corrected chi connectivity index (χ0v) is 11.3. The summed E-state index contributed by atoms with van der Waals surface area (Å²) in [5, 5.41) is 5.76. The van der Waals surface area contributed by atoms with E-state index in [4.69, 9.17) is 4.74 Å². The summed E-state index contributed by atoms with van der Waals surface area (Å²) in [6.07, 6.45) is -0.304. The summed E-state index contributed by atoms with van der Waals surface area (Å²) < 4.78 is 19.1. The number of esters is 1. The number of halogens is 1. The molecule has 0 spiro atoms. The highest BCUT2D eigenvalue weighted by Gasteiger charge is 2.44. The molecule has 0 aromatic rings. The van der Waals surface area contributed by atoms with Crippen molar-refractivity contribution < 1.29 is 18.7 Å². The van der Waals surface area contributed by atoms with Crippen LogP contribution in [0.1, 0.15) is 13.3 Å². The molecule has 7 heteroatoms. The third kappa shape index (κ3) is 2.06. The van der Waals surface area contributed by atoms with Gasteiger partial charge in [0.05, 0.1) is 17.3 Å². The number of urea groups is 1. The number of carbonyl (C=O) groups excluding carboxylic acids is 2. The highest BCUT2D eigenvalue weighted by Crippen LogP contribution is 2.31. The lowest BCUT2D eigenvalue weighted by Crippen LogP contribution is -2.49. The van der Waals surface area contributed by atoms with Gasteiger partial charge in [0.1, 0.15) is 12.8 Å². The fraction of sp³-hybridized carbons (Fsp3) is 0.692. The maximum Gasteiger partial charge on any atom is 0.336 e. The second-order valence-corrected chi connectivity index (χ2v) is 5.44. The first-order chi connectivity index (χ1) is 9.59. The van der Waals surface area contributed by atoms with E-state index in [0.717, 1.165) is 6.54 Å². The van der Waals surface area contributed by atoms with Gasteiger partial charge >= 0.3 is 12.0 Å². The number of rotatable bonds is 2. The lowest BCUT2D eigenvalue weighted by molar-refractivity contribution is -0.136. The second kappa shape index (κ2) is 5.05. The van der Waals surface area contributed by atoms with Gasteiger partial charge in [-0.1, -0.05) is 0 Å². The van der Waals surface area contributed by atoms with Crippen molar-refractivity contribution in [3.05, 3.63) is 11.3 Å². The first kappa shape index (κ1) is 13.4. The maximum atomic E-state index is 14.1. The fourth-order valence-electron chi connectivity index (χ4n) is 3.18. The molecule has 0 bridgehead atoms. The van der Waals surface area contributed by atoms with E-state index < -0.39 is 12.1 Å². The summed E-state index contributed by atoms with van der Waals surface area (Å²) >= 11 is 0. The van der Waals surface area contributed by atoms with Crippen LogP contribution in [0.5, 0.6) is 0 Å². The van der Waals surface area contributed by atoms with Crippen LogP contribution < -0.4 is 10.6 Å². The molecule has 0 aromatic heterocycles. The van der Waals surface area contributed by atoms with Crippen molar-refractivity contribution in [1.82, 2.24) is 15.5 Å². The van der Waals surface area contributed by atoms with Gasteiger partial charge in [-0.3, -0.25) is 4.90 Å². The lowest BCUT2D eigenvalue weighted by Gasteiger charge is -2.35. The van der Waals surface area contributed by atoms with Gasteiger partial charge < -0.3 is 15.4 Å². The van der Waals surface area contributed by atoms with Gasteiger partial charge in [-0.25, -0.2) is 14.0 Å². The maximum absolute atomic E-state index is 14.1. The molecule has 3 heterocycles. The predicted molar refractivity (Wildman–Crippen MR) is 68.6 cm³/mol. The molecule has 3 atom stereocenters. The van der Waals surface area contributed by atoms with E-state index >= 15 is 0 Å². The predicted octanol–water partition coefficient (Wildman–Crippen LogP) is 0.159. The molecule has 2 saturated heterocycles. The number of alkyl halides is 1. The normalized spacial score (nSPS) is 34.5. The Morgan fingerprint density at radius 2 is 2.15 bits per heavy atom. The molecule has 3 aliphatic heterocycles. The van der Waals surface area contributed by atoms with Crippen molar-refractivity contribution in [2.75, 3.05) is 26.2 Å². The minimum atomic E-state index is -0.983. The summed E-state index contributed by atoms with van der Waals surface area (Å²) in [6, 6.07) is -0.521. The molecule has 0 aliphatic carbocycles. The molecule has 20 heavy (non-hydrogen) atoms. The van der Waals surface area contributed by atoms with Crippen LogP contribution >= 0.6 is 0 Å². The monoisotopic (exact) mass is 283 g/mol. The topological polar surface area (TPSA) is 70.7 Å². The highest BCUT2D eigenvalue weighted by atomic mass is 19.1. The van der Waals surface area contributed by atoms with E-state index in [1.165, 1.54) is 4.90 Å². The number of amides is 2. The Balaban J connectivity index is 1.87. The molecule has 2 fully saturated rings. The minimum Gasteiger partial charge on any atom is -0.456 e. The van der Waals surface area contributed by atoms with Crippen molar-refractivity contribution in [2.24, 2.45) is 5.92 Å². The molecular formula is C13H18FN3O3. The number of hydrogen-bond donors (Lipinski definition) is 2. The van der Waals surface area contributed by atoms with Crippen molar-refractivity contribution in [2.45, 2.75) is 25.6 Å². The molecule has 3 aliphatic rings. The summed E-state index contributed by atoms with van der Waals surface area (Å²) in [5.74, 6) is -0.619. The summed E-state index contributed by atoms with van der Waals surface area (Å²) in [6.45, 7) is 3.21. The van der Waals surface area contributed by atoms with E-state index in [1.807, 2.05) is 0 Å². The van der Waals surface area contributed by atoms with Crippen molar-refractivity contribution >= 4 is 12.0 Å². The van der Waals surface area contributed by atoms with E-state index in [1.54, 1.807) is 6.92 Å². The molecule has 0 radical (unpaired) electrons. The van der Waals surface area contributed by atoms with Crippen LogP contribution in [0.25, 0.3) is 0 Å². The Kier molecular flexibility index (Phi) is 3.37. The Bertz CT molecular complexity index is 479. The van der Waals surface area contributed by atoms with E-state index in [9.17, 15) is 14.0 Å². The van der Waals surface area contributed by atoms with Gasteiger partial charge in [0.25, 0.3) is 0 Å². The van der Waals surface area contributed by atoms with E-state index in [0.29, 0.717) is 30.8 Å². The average molecular weight is 283 g/mol. The summed E-state index contributed by atoms with van der Waals surface area (Å²) in [5.41, 5.74) is 1.01. The molecule has 0 aromatic carbocycles. The molecule has 6 nitrogen and oxygen atoms in total. The Morgan fingerprint density at radius 3 is 2.80 bits per heavy atom. The molecule has 0 saturated carbocycles. The summed E-state index contributed by atoms with van der Waals surface area (Å²) in [4.78, 5) is 25.1. The molecule has 3 rings (SSSR count). The Morgan fingerprint density at radius 1 is 1.35 bits per heavy atom. The standard InChI is InChI=1S/C13H18FN3O3/c1-7-11(6-20-12(7)18)17-10(5-16-13(17)19)8-2-3-15-4-9(8)14/h8-10,15H,2-6H2,1H3,(H,16,19). The molecule has 2 N–H and O–H groups in total. The number of nitrogens with zero attached hydrogens (tertiary/aromatic N) is 1. The van der Waals surface area contributed by atoms with Crippen molar-refractivity contribution in [3.63, 3.8) is 0 Å². The van der Waals surface area contributed by atoms with Gasteiger partial charge in [0, 0.05) is 19.0 Å². The molecule has 110 valence electrons. The van der Waals surface area contributed by atoms with Crippen molar-refractivity contribution in [1.29, 1.82) is 0 Å². The van der Waals surface area contributed by atoms with Gasteiger partial charge in [0.15, 0.2) is 0 Å². The van der Waals surface area contributed by atoms with Gasteiger partial charge in [-0.05, 0) is 19.9 Å². The number of ether oxygens (including phenoxy) is 1. The second-order valence-electron chi connectivity index (χ2n) is 5.44. The van der Waals surface area contributed by atoms with Crippen LogP contribution in [0, 0.1) is 5.92 Å². The van der Waals surface area contributed by atoms with Gasteiger partial charge in [0.2, 0.25) is 0 Å². The van der Waals surface area contributed by atoms with Crippen molar-refractivity contribution in [3.8, 4) is 0 Å². The van der Waals surface area contributed by atoms with Crippen LogP contribution in [0.2, 0.25) is 0 Å². The number of nitrogens with one attached hydrogen (secondary N) is 2. The van der Waals surface area contributed by atoms with Crippen LogP contribution in [0.4, 0.5) is 9.18 Å². The Hall–Kier alpha value is -1.63. The molecule has 3 unspecified atom stereocenters. The third-order valence-electron chi connectivity index (χ3n) is 4.34. The van der Waals surface area contributed by atoms with Gasteiger partial charge in [-0.2, -0.15) is 0 Å². The molecule has 2 amide bonds. The van der Waals surface area contributed by atoms with E-state index in [2.05, 4.69) is 10.6 Å². The highest BCUT2D eigenvalue weighted by molar-refractivity contribution is 5.92. The Labute approximate surface area is 116 Å². The fourth-order valence-corrected chi connectivity index (χ4v) is 3.18. The smallest absolute Gasteiger partial charge is 0.336 e. The number of piperidine rings is 1. The largest absolute Gasteiger partial charge is 0.456 e. The number of carbonyl (C=O) groups is 2. The van der Waals surface area contributed by atoms with Crippen LogP contribution in [-0.2, 0) is 9.53 Å². The third-order valence-corrected chi connectivity index (χ3v) is 4.34. The zero-order chi connectivity index (χ0) is 14.3.